The summed E-state index contributed by atoms with van der Waals surface area (Å²) in [4.78, 5) is 11.2. The molecule has 3 aromatic carbocycles. The number of hydrogen-bond donors (Lipinski definition) is 0. The van der Waals surface area contributed by atoms with Crippen LogP contribution in [0.4, 0.5) is 11.4 Å². The van der Waals surface area contributed by atoms with Gasteiger partial charge in [0.15, 0.2) is 5.49 Å². The summed E-state index contributed by atoms with van der Waals surface area (Å²) in [6.07, 6.45) is 1.80. The van der Waals surface area contributed by atoms with E-state index in [-0.39, 0.29) is 16.8 Å². The van der Waals surface area contributed by atoms with Crippen LogP contribution in [0.25, 0.3) is 5.69 Å². The molecule has 0 aliphatic carbocycles. The zero-order valence-electron chi connectivity index (χ0n) is 17.0. The van der Waals surface area contributed by atoms with Crippen LogP contribution in [0.1, 0.15) is 11.3 Å². The van der Waals surface area contributed by atoms with Crippen molar-refractivity contribution in [3.63, 3.8) is 0 Å². The molecule has 0 saturated carbocycles. The summed E-state index contributed by atoms with van der Waals surface area (Å²) in [5.74, 6) is 0. The number of nitrogens with zero attached hydrogens (tertiary/aromatic N) is 4. The van der Waals surface area contributed by atoms with Gasteiger partial charge in [-0.2, -0.15) is 4.90 Å². The largest absolute Gasteiger partial charge is 2.00 e. The van der Waals surface area contributed by atoms with Gasteiger partial charge in [-0.25, -0.2) is 9.67 Å². The maximum atomic E-state index is 5.49. The molecule has 1 heterocycles. The van der Waals surface area contributed by atoms with Crippen molar-refractivity contribution in [2.24, 2.45) is 17.0 Å². The molecular weight excluding hydrogens is 467 g/mol. The first kappa shape index (κ1) is 23.0. The number of rotatable bonds is 4. The smallest absolute Gasteiger partial charge is 0.779 e. The molecule has 0 saturated heterocycles. The molecule has 0 aliphatic rings. The van der Waals surface area contributed by atoms with Crippen molar-refractivity contribution < 1.29 is 16.8 Å². The average Bonchev–Trinajstić information content (AvgIpc) is 2.99. The second-order valence-corrected chi connectivity index (χ2v) is 7.68. The average molecular weight is 488 g/mol. The fourth-order valence-corrected chi connectivity index (χ4v) is 3.60. The Kier molecular flexibility index (Phi) is 7.45. The molecule has 0 fully saturated rings. The van der Waals surface area contributed by atoms with Crippen molar-refractivity contribution in [1.29, 1.82) is 0 Å². The molecule has 0 amide bonds. The number of hydrogen-bond acceptors (Lipinski definition) is 4. The SMILES string of the molecule is Cc1c(N=Cc2ccccc2[S-])c(=Nc2ccccc2[S-])n(-c2ccccc2)n1C.[Co+2]. The molecule has 0 N–H and O–H groups in total. The molecule has 0 atom stereocenters. The van der Waals surface area contributed by atoms with E-state index < -0.39 is 0 Å². The van der Waals surface area contributed by atoms with Gasteiger partial charge in [0.05, 0.1) is 11.4 Å². The van der Waals surface area contributed by atoms with Crippen LogP contribution in [0.15, 0.2) is 98.6 Å². The molecule has 157 valence electrons. The van der Waals surface area contributed by atoms with Gasteiger partial charge in [0.25, 0.3) is 0 Å². The van der Waals surface area contributed by atoms with Gasteiger partial charge in [-0.15, -0.1) is 4.90 Å². The van der Waals surface area contributed by atoms with Crippen LogP contribution in [0.2, 0.25) is 0 Å². The van der Waals surface area contributed by atoms with Crippen LogP contribution >= 0.6 is 0 Å². The Morgan fingerprint density at radius 3 is 2.10 bits per heavy atom. The first-order chi connectivity index (χ1) is 14.6. The van der Waals surface area contributed by atoms with Crippen molar-refractivity contribution >= 4 is 42.8 Å². The molecule has 1 radical (unpaired) electrons. The van der Waals surface area contributed by atoms with Crippen molar-refractivity contribution in [3.8, 4) is 5.69 Å². The van der Waals surface area contributed by atoms with Gasteiger partial charge in [-0.3, -0.25) is 9.67 Å². The number of aromatic nitrogens is 2. The van der Waals surface area contributed by atoms with Gasteiger partial charge in [-0.05, 0) is 30.7 Å². The van der Waals surface area contributed by atoms with Crippen molar-refractivity contribution in [2.45, 2.75) is 16.7 Å². The van der Waals surface area contributed by atoms with Crippen LogP contribution in [0.5, 0.6) is 0 Å². The summed E-state index contributed by atoms with van der Waals surface area (Å²) >= 11 is 10.9. The topological polar surface area (TPSA) is 34.6 Å². The third-order valence-electron chi connectivity index (χ3n) is 4.88. The predicted octanol–water partition coefficient (Wildman–Crippen LogP) is 4.92. The summed E-state index contributed by atoms with van der Waals surface area (Å²) in [6.45, 7) is 2.03. The summed E-state index contributed by atoms with van der Waals surface area (Å²) < 4.78 is 4.09. The van der Waals surface area contributed by atoms with Gasteiger partial charge in [0, 0.05) is 18.9 Å². The van der Waals surface area contributed by atoms with E-state index in [4.69, 9.17) is 35.2 Å². The third-order valence-corrected chi connectivity index (χ3v) is 5.60. The first-order valence-corrected chi connectivity index (χ1v) is 10.3. The number of aliphatic imine (C=N–C) groups is 1. The van der Waals surface area contributed by atoms with E-state index in [1.165, 1.54) is 0 Å². The molecule has 4 rings (SSSR count). The molecule has 0 bridgehead atoms. The van der Waals surface area contributed by atoms with E-state index in [0.29, 0.717) is 4.90 Å². The Bertz CT molecular complexity index is 1290. The third kappa shape index (κ3) is 4.80. The Balaban J connectivity index is 0.00000272. The van der Waals surface area contributed by atoms with E-state index in [1.54, 1.807) is 6.21 Å². The Morgan fingerprint density at radius 1 is 0.806 bits per heavy atom. The summed E-state index contributed by atoms with van der Waals surface area (Å²) in [5.41, 5.74) is 5.11. The Hall–Kier alpha value is -2.71. The molecule has 0 aliphatic heterocycles. The van der Waals surface area contributed by atoms with Crippen molar-refractivity contribution in [3.05, 3.63) is 95.6 Å². The monoisotopic (exact) mass is 487 g/mol. The first-order valence-electron chi connectivity index (χ1n) is 9.51. The minimum Gasteiger partial charge on any atom is -0.779 e. The molecule has 0 unspecified atom stereocenters. The zero-order valence-corrected chi connectivity index (χ0v) is 19.7. The van der Waals surface area contributed by atoms with Gasteiger partial charge in [0.2, 0.25) is 0 Å². The van der Waals surface area contributed by atoms with Gasteiger partial charge in [-0.1, -0.05) is 60.7 Å². The fourth-order valence-electron chi connectivity index (χ4n) is 3.21. The molecule has 1 aromatic heterocycles. The van der Waals surface area contributed by atoms with E-state index >= 15 is 0 Å². The number of benzene rings is 3. The summed E-state index contributed by atoms with van der Waals surface area (Å²) in [5, 5.41) is 0. The standard InChI is InChI=1S/C24H22N4S2.Co/c1-17-23(25-16-18-10-6-8-14-21(18)29)24(26-20-13-7-9-15-22(20)30)28(27(17)2)19-11-4-3-5-12-19;/h3-16,29-30H,1-2H3;/q;+2/p-2. The molecule has 4 aromatic rings. The zero-order chi connectivity index (χ0) is 21.1. The van der Waals surface area contributed by atoms with Crippen LogP contribution in [-0.4, -0.2) is 15.6 Å². The fraction of sp³-hybridized carbons (Fsp3) is 0.0833. The normalized spacial score (nSPS) is 11.6. The summed E-state index contributed by atoms with van der Waals surface area (Å²) in [7, 11) is 2.00. The number of para-hydroxylation sites is 2. The van der Waals surface area contributed by atoms with Crippen molar-refractivity contribution in [2.75, 3.05) is 0 Å². The van der Waals surface area contributed by atoms with Gasteiger partial charge in [0.1, 0.15) is 5.69 Å². The van der Waals surface area contributed by atoms with E-state index in [9.17, 15) is 0 Å². The minimum atomic E-state index is 0. The summed E-state index contributed by atoms with van der Waals surface area (Å²) in [6, 6.07) is 25.5. The van der Waals surface area contributed by atoms with E-state index in [0.717, 1.165) is 38.7 Å². The van der Waals surface area contributed by atoms with Gasteiger partial charge < -0.3 is 25.3 Å². The molecule has 4 nitrogen and oxygen atoms in total. The predicted molar refractivity (Wildman–Crippen MR) is 126 cm³/mol. The second kappa shape index (κ2) is 10.1. The molecule has 31 heavy (non-hydrogen) atoms. The maximum Gasteiger partial charge on any atom is 2.00 e. The Morgan fingerprint density at radius 2 is 1.42 bits per heavy atom. The molecular formula is C24H20CoN4S2. The Labute approximate surface area is 203 Å². The maximum absolute atomic E-state index is 5.49. The molecule has 7 heteroatoms. The van der Waals surface area contributed by atoms with Crippen molar-refractivity contribution in [1.82, 2.24) is 9.36 Å². The molecule has 0 spiro atoms. The van der Waals surface area contributed by atoms with Crippen LogP contribution < -0.4 is 5.49 Å². The quantitative estimate of drug-likeness (QED) is 0.303. The second-order valence-electron chi connectivity index (χ2n) is 6.80. The van der Waals surface area contributed by atoms with Crippen LogP contribution in [0.3, 0.4) is 0 Å². The van der Waals surface area contributed by atoms with Gasteiger partial charge >= 0.3 is 16.8 Å². The minimum absolute atomic E-state index is 0. The van der Waals surface area contributed by atoms with Crippen LogP contribution in [-0.2, 0) is 49.1 Å². The van der Waals surface area contributed by atoms with E-state index in [1.807, 2.05) is 102 Å². The van der Waals surface area contributed by atoms with E-state index in [2.05, 4.69) is 0 Å². The van der Waals surface area contributed by atoms with Crippen LogP contribution in [0, 0.1) is 6.92 Å².